The molecule has 2 rings (SSSR count). The second kappa shape index (κ2) is 5.53. The number of nitrogens with zero attached hydrogens (tertiary/aromatic N) is 2. The Labute approximate surface area is 108 Å². The number of aliphatic hydroxyl groups is 1. The predicted molar refractivity (Wildman–Crippen MR) is 65.9 cm³/mol. The van der Waals surface area contributed by atoms with Crippen LogP contribution in [0.3, 0.4) is 0 Å². The third-order valence-corrected chi connectivity index (χ3v) is 3.55. The van der Waals surface area contributed by atoms with E-state index in [1.807, 2.05) is 24.3 Å². The van der Waals surface area contributed by atoms with Crippen LogP contribution < -0.4 is 0 Å². The highest BCUT2D eigenvalue weighted by atomic mass is 35.5. The second-order valence-corrected chi connectivity index (χ2v) is 4.87. The fourth-order valence-electron chi connectivity index (χ4n) is 1.20. The van der Waals surface area contributed by atoms with Crippen LogP contribution in [0.2, 0.25) is 5.02 Å². The Hall–Kier alpha value is -1.04. The highest BCUT2D eigenvalue weighted by Crippen LogP contribution is 2.28. The van der Waals surface area contributed by atoms with Gasteiger partial charge in [-0.25, -0.2) is 0 Å². The third kappa shape index (κ3) is 3.21. The van der Waals surface area contributed by atoms with E-state index in [0.29, 0.717) is 16.6 Å². The summed E-state index contributed by atoms with van der Waals surface area (Å²) in [6.45, 7) is 1.58. The molecule has 1 N–H and O–H groups in total. The van der Waals surface area contributed by atoms with Crippen LogP contribution in [0.25, 0.3) is 0 Å². The number of hydrogen-bond acceptors (Lipinski definition) is 5. The monoisotopic (exact) mass is 270 g/mol. The molecule has 6 heteroatoms. The third-order valence-electron chi connectivity index (χ3n) is 2.03. The van der Waals surface area contributed by atoms with E-state index in [2.05, 4.69) is 10.1 Å². The largest absolute Gasteiger partial charge is 0.384 e. The predicted octanol–water partition coefficient (Wildman–Crippen LogP) is 3.07. The lowest BCUT2D eigenvalue weighted by Gasteiger charge is -2.00. The number of rotatable bonds is 4. The van der Waals surface area contributed by atoms with Crippen LogP contribution in [0, 0.1) is 0 Å². The Balaban J connectivity index is 2.00. The number of halogens is 1. The van der Waals surface area contributed by atoms with Gasteiger partial charge in [-0.2, -0.15) is 4.98 Å². The molecule has 0 unspecified atom stereocenters. The van der Waals surface area contributed by atoms with E-state index in [9.17, 15) is 5.11 Å². The molecule has 0 fully saturated rings. The van der Waals surface area contributed by atoms with E-state index in [4.69, 9.17) is 16.1 Å². The number of aliphatic hydroxyl groups excluding tert-OH is 1. The first-order chi connectivity index (χ1) is 8.16. The molecule has 1 aromatic carbocycles. The first kappa shape index (κ1) is 12.4. The molecule has 0 bridgehead atoms. The van der Waals surface area contributed by atoms with Crippen molar-refractivity contribution in [2.24, 2.45) is 0 Å². The molecular formula is C11H11ClN2O2S. The van der Waals surface area contributed by atoms with Crippen molar-refractivity contribution in [1.29, 1.82) is 0 Å². The molecule has 2 aromatic rings. The van der Waals surface area contributed by atoms with Crippen LogP contribution in [0.4, 0.5) is 0 Å². The van der Waals surface area contributed by atoms with Crippen molar-refractivity contribution in [3.05, 3.63) is 41.0 Å². The molecule has 0 aliphatic carbocycles. The first-order valence-corrected chi connectivity index (χ1v) is 6.41. The standard InChI is InChI=1S/C11H11ClN2O2S/c1-7(15)11-13-10(14-16-11)6-17-9-5-3-2-4-8(9)12/h2-5,7,15H,6H2,1H3/t7-/m0/s1. The Bertz CT molecular complexity index is 502. The first-order valence-electron chi connectivity index (χ1n) is 5.04. The van der Waals surface area contributed by atoms with Crippen molar-refractivity contribution in [2.75, 3.05) is 0 Å². The van der Waals surface area contributed by atoms with Crippen LogP contribution in [-0.4, -0.2) is 15.2 Å². The van der Waals surface area contributed by atoms with Gasteiger partial charge in [0.15, 0.2) is 5.82 Å². The van der Waals surface area contributed by atoms with Gasteiger partial charge in [-0.15, -0.1) is 11.8 Å². The topological polar surface area (TPSA) is 59.2 Å². The normalized spacial score (nSPS) is 12.6. The Kier molecular flexibility index (Phi) is 4.04. The molecule has 0 aliphatic rings. The molecule has 0 saturated carbocycles. The summed E-state index contributed by atoms with van der Waals surface area (Å²) < 4.78 is 4.89. The van der Waals surface area contributed by atoms with Crippen molar-refractivity contribution in [1.82, 2.24) is 10.1 Å². The lowest BCUT2D eigenvalue weighted by Crippen LogP contribution is -1.91. The number of benzene rings is 1. The maximum absolute atomic E-state index is 9.24. The van der Waals surface area contributed by atoms with E-state index >= 15 is 0 Å². The molecule has 4 nitrogen and oxygen atoms in total. The SMILES string of the molecule is C[C@H](O)c1nc(CSc2ccccc2Cl)no1. The van der Waals surface area contributed by atoms with Gasteiger partial charge in [0.25, 0.3) is 5.89 Å². The van der Waals surface area contributed by atoms with Gasteiger partial charge in [0, 0.05) is 4.90 Å². The van der Waals surface area contributed by atoms with E-state index < -0.39 is 6.10 Å². The van der Waals surface area contributed by atoms with Crippen LogP contribution >= 0.6 is 23.4 Å². The maximum atomic E-state index is 9.24. The summed E-state index contributed by atoms with van der Waals surface area (Å²) in [5.41, 5.74) is 0. The quantitative estimate of drug-likeness (QED) is 0.865. The molecule has 0 spiro atoms. The van der Waals surface area contributed by atoms with Crippen LogP contribution in [-0.2, 0) is 5.75 Å². The van der Waals surface area contributed by atoms with E-state index in [1.165, 1.54) is 11.8 Å². The number of hydrogen-bond donors (Lipinski definition) is 1. The van der Waals surface area contributed by atoms with Crippen molar-refractivity contribution in [3.63, 3.8) is 0 Å². The summed E-state index contributed by atoms with van der Waals surface area (Å²) in [7, 11) is 0. The number of aromatic nitrogens is 2. The minimum absolute atomic E-state index is 0.236. The Morgan fingerprint density at radius 3 is 2.88 bits per heavy atom. The fourth-order valence-corrected chi connectivity index (χ4v) is 2.28. The van der Waals surface area contributed by atoms with E-state index in [0.717, 1.165) is 4.90 Å². The summed E-state index contributed by atoms with van der Waals surface area (Å²) in [6, 6.07) is 7.57. The van der Waals surface area contributed by atoms with Gasteiger partial charge in [-0.3, -0.25) is 0 Å². The molecule has 0 saturated heterocycles. The zero-order valence-corrected chi connectivity index (χ0v) is 10.7. The van der Waals surface area contributed by atoms with Crippen LogP contribution in [0.15, 0.2) is 33.7 Å². The molecule has 0 radical (unpaired) electrons. The van der Waals surface area contributed by atoms with Gasteiger partial charge in [-0.1, -0.05) is 28.9 Å². The zero-order valence-electron chi connectivity index (χ0n) is 9.13. The lowest BCUT2D eigenvalue weighted by molar-refractivity contribution is 0.151. The summed E-state index contributed by atoms with van der Waals surface area (Å²) in [4.78, 5) is 5.03. The second-order valence-electron chi connectivity index (χ2n) is 3.44. The highest BCUT2D eigenvalue weighted by Gasteiger charge is 2.11. The van der Waals surface area contributed by atoms with Crippen molar-refractivity contribution < 1.29 is 9.63 Å². The van der Waals surface area contributed by atoms with Gasteiger partial charge < -0.3 is 9.63 Å². The molecule has 0 aliphatic heterocycles. The smallest absolute Gasteiger partial charge is 0.255 e. The molecule has 90 valence electrons. The minimum atomic E-state index is -0.735. The van der Waals surface area contributed by atoms with E-state index in [1.54, 1.807) is 6.92 Å². The lowest BCUT2D eigenvalue weighted by atomic mass is 10.4. The maximum Gasteiger partial charge on any atom is 0.255 e. The Morgan fingerprint density at radius 1 is 1.47 bits per heavy atom. The van der Waals surface area contributed by atoms with Gasteiger partial charge >= 0.3 is 0 Å². The van der Waals surface area contributed by atoms with Crippen molar-refractivity contribution in [2.45, 2.75) is 23.7 Å². The van der Waals surface area contributed by atoms with E-state index in [-0.39, 0.29) is 5.89 Å². The van der Waals surface area contributed by atoms with Gasteiger partial charge in [0.1, 0.15) is 6.10 Å². The van der Waals surface area contributed by atoms with Gasteiger partial charge in [0.2, 0.25) is 0 Å². The summed E-state index contributed by atoms with van der Waals surface area (Å²) in [5.74, 6) is 1.34. The molecule has 1 heterocycles. The fraction of sp³-hybridized carbons (Fsp3) is 0.273. The van der Waals surface area contributed by atoms with Crippen LogP contribution in [0.1, 0.15) is 24.7 Å². The zero-order chi connectivity index (χ0) is 12.3. The molecule has 1 aromatic heterocycles. The van der Waals surface area contributed by atoms with Gasteiger partial charge in [0.05, 0.1) is 10.8 Å². The average Bonchev–Trinajstić information content (AvgIpc) is 2.77. The Morgan fingerprint density at radius 2 is 2.24 bits per heavy atom. The molecule has 1 atom stereocenters. The van der Waals surface area contributed by atoms with Crippen molar-refractivity contribution >= 4 is 23.4 Å². The molecule has 0 amide bonds. The minimum Gasteiger partial charge on any atom is -0.384 e. The molecular weight excluding hydrogens is 260 g/mol. The number of thioether (sulfide) groups is 1. The van der Waals surface area contributed by atoms with Crippen LogP contribution in [0.5, 0.6) is 0 Å². The molecule has 17 heavy (non-hydrogen) atoms. The van der Waals surface area contributed by atoms with Gasteiger partial charge in [-0.05, 0) is 19.1 Å². The highest BCUT2D eigenvalue weighted by molar-refractivity contribution is 7.98. The summed E-state index contributed by atoms with van der Waals surface area (Å²) in [6.07, 6.45) is -0.735. The summed E-state index contributed by atoms with van der Waals surface area (Å²) in [5, 5.41) is 13.7. The summed E-state index contributed by atoms with van der Waals surface area (Å²) >= 11 is 7.55. The van der Waals surface area contributed by atoms with Crippen molar-refractivity contribution in [3.8, 4) is 0 Å². The average molecular weight is 271 g/mol.